The first-order chi connectivity index (χ1) is 20.4. The van der Waals surface area contributed by atoms with Crippen molar-refractivity contribution in [1.29, 1.82) is 0 Å². The predicted molar refractivity (Wildman–Crippen MR) is 173 cm³/mol. The molecule has 232 valence electrons. The zero-order valence-electron chi connectivity index (χ0n) is 25.9. The van der Waals surface area contributed by atoms with Gasteiger partial charge in [0, 0.05) is 56.9 Å². The average Bonchev–Trinajstić information content (AvgIpc) is 3.50. The maximum Gasteiger partial charge on any atom is 0.246 e. The molecule has 4 rings (SSSR count). The number of fused-ring (bicyclic) bond motifs is 1. The Balaban J connectivity index is 1.61. The summed E-state index contributed by atoms with van der Waals surface area (Å²) in [5.41, 5.74) is 6.71. The highest BCUT2D eigenvalue weighted by Gasteiger charge is 2.37. The molecule has 8 nitrogen and oxygen atoms in total. The van der Waals surface area contributed by atoms with Crippen LogP contribution in [0.3, 0.4) is 0 Å². The van der Waals surface area contributed by atoms with Crippen LogP contribution >= 0.6 is 11.3 Å². The second-order valence-corrected chi connectivity index (χ2v) is 13.6. The minimum absolute atomic E-state index is 0.122. The number of hydrogen-bond donors (Lipinski definition) is 2. The second kappa shape index (κ2) is 14.5. The lowest BCUT2D eigenvalue weighted by atomic mass is 9.97. The van der Waals surface area contributed by atoms with Crippen LogP contribution in [0, 0.1) is 0 Å². The molecule has 0 radical (unpaired) electrons. The number of piperidine rings is 1. The van der Waals surface area contributed by atoms with Crippen LogP contribution in [0.1, 0.15) is 56.4 Å². The summed E-state index contributed by atoms with van der Waals surface area (Å²) in [7, 11) is 3.37. The van der Waals surface area contributed by atoms with Crippen molar-refractivity contribution >= 4 is 39.8 Å². The smallest absolute Gasteiger partial charge is 0.246 e. The number of likely N-dealkylation sites (N-methyl/N-ethyl adjacent to an activating group) is 2. The molecule has 0 saturated carbocycles. The van der Waals surface area contributed by atoms with E-state index in [4.69, 9.17) is 5.73 Å². The van der Waals surface area contributed by atoms with Crippen LogP contribution in [0.2, 0.25) is 0 Å². The van der Waals surface area contributed by atoms with Gasteiger partial charge in [0.05, 0.1) is 6.10 Å². The number of amides is 3. The zero-order valence-corrected chi connectivity index (χ0v) is 26.7. The van der Waals surface area contributed by atoms with Crippen molar-refractivity contribution in [2.24, 2.45) is 5.73 Å². The number of aliphatic hydroxyl groups is 1. The van der Waals surface area contributed by atoms with Gasteiger partial charge in [-0.25, -0.2) is 0 Å². The Morgan fingerprint density at radius 2 is 1.67 bits per heavy atom. The number of nitrogens with zero attached hydrogens (tertiary/aromatic N) is 3. The highest BCUT2D eigenvalue weighted by molar-refractivity contribution is 7.09. The number of rotatable bonds is 12. The molecule has 3 N–H and O–H groups in total. The molecule has 9 heteroatoms. The van der Waals surface area contributed by atoms with Gasteiger partial charge in [-0.1, -0.05) is 48.5 Å². The van der Waals surface area contributed by atoms with Crippen LogP contribution in [0.15, 0.2) is 60.0 Å². The van der Waals surface area contributed by atoms with Crippen molar-refractivity contribution in [3.8, 4) is 0 Å². The van der Waals surface area contributed by atoms with Crippen molar-refractivity contribution in [2.75, 3.05) is 27.2 Å². The molecule has 1 aliphatic rings. The minimum Gasteiger partial charge on any atom is -0.393 e. The molecule has 3 amide bonds. The Kier molecular flexibility index (Phi) is 11.0. The van der Waals surface area contributed by atoms with Crippen molar-refractivity contribution in [1.82, 2.24) is 14.7 Å². The molecule has 2 aromatic carbocycles. The maximum atomic E-state index is 14.4. The number of nitrogens with two attached hydrogens (primary N) is 1. The van der Waals surface area contributed by atoms with E-state index in [1.807, 2.05) is 67.8 Å². The van der Waals surface area contributed by atoms with Crippen LogP contribution in [0.25, 0.3) is 10.8 Å². The Bertz CT molecular complexity index is 1380. The van der Waals surface area contributed by atoms with E-state index in [0.717, 1.165) is 21.2 Å². The molecule has 1 fully saturated rings. The summed E-state index contributed by atoms with van der Waals surface area (Å²) in [6, 6.07) is 16.6. The number of carbonyl (C=O) groups excluding carboxylic acids is 3. The third-order valence-electron chi connectivity index (χ3n) is 8.45. The van der Waals surface area contributed by atoms with E-state index in [-0.39, 0.29) is 29.7 Å². The van der Waals surface area contributed by atoms with Gasteiger partial charge in [0.15, 0.2) is 0 Å². The maximum absolute atomic E-state index is 14.4. The SMILES string of the molecule is CN(C(=O)CCCC(C)(C)N)[C@H](Cc1ccc2ccccc2c1)C(=O)N(C)[C@H](Cc1cccs1)C(=O)N1CCC(O)CC1. The van der Waals surface area contributed by atoms with Crippen molar-refractivity contribution < 1.29 is 19.5 Å². The lowest BCUT2D eigenvalue weighted by molar-refractivity contribution is -0.150. The van der Waals surface area contributed by atoms with Crippen LogP contribution in [-0.2, 0) is 27.2 Å². The summed E-state index contributed by atoms with van der Waals surface area (Å²) in [5.74, 6) is -0.516. The first kappa shape index (κ1) is 32.6. The number of thiophene rings is 1. The van der Waals surface area contributed by atoms with Gasteiger partial charge in [-0.15, -0.1) is 11.3 Å². The molecule has 0 bridgehead atoms. The molecule has 0 spiro atoms. The Morgan fingerprint density at radius 3 is 2.33 bits per heavy atom. The molecule has 0 unspecified atom stereocenters. The number of benzene rings is 2. The topological polar surface area (TPSA) is 107 Å². The van der Waals surface area contributed by atoms with Gasteiger partial charge >= 0.3 is 0 Å². The first-order valence-corrected chi connectivity index (χ1v) is 16.1. The number of hydrogen-bond acceptors (Lipinski definition) is 6. The molecule has 43 heavy (non-hydrogen) atoms. The fourth-order valence-corrected chi connectivity index (χ4v) is 6.46. The summed E-state index contributed by atoms with van der Waals surface area (Å²) in [6.45, 7) is 4.80. The minimum atomic E-state index is -0.786. The summed E-state index contributed by atoms with van der Waals surface area (Å²) in [5, 5.41) is 14.1. The highest BCUT2D eigenvalue weighted by atomic mass is 32.1. The summed E-state index contributed by atoms with van der Waals surface area (Å²) in [4.78, 5) is 47.6. The molecular formula is C34H46N4O4S. The lowest BCUT2D eigenvalue weighted by Crippen LogP contribution is -2.57. The largest absolute Gasteiger partial charge is 0.393 e. The van der Waals surface area contributed by atoms with E-state index in [1.54, 1.807) is 40.1 Å². The van der Waals surface area contributed by atoms with Crippen LogP contribution in [0.4, 0.5) is 0 Å². The predicted octanol–water partition coefficient (Wildman–Crippen LogP) is 4.23. The van der Waals surface area contributed by atoms with Gasteiger partial charge in [0.1, 0.15) is 12.1 Å². The molecular weight excluding hydrogens is 560 g/mol. The molecule has 3 aromatic rings. The normalized spacial score (nSPS) is 15.7. The molecule has 1 aliphatic heterocycles. The van der Waals surface area contributed by atoms with Crippen LogP contribution in [-0.4, -0.2) is 88.4 Å². The lowest BCUT2D eigenvalue weighted by Gasteiger charge is -2.38. The van der Waals surface area contributed by atoms with Crippen molar-refractivity contribution in [3.05, 3.63) is 70.4 Å². The van der Waals surface area contributed by atoms with Gasteiger partial charge in [-0.05, 0) is 67.3 Å². The molecule has 0 aliphatic carbocycles. The molecule has 1 aromatic heterocycles. The highest BCUT2D eigenvalue weighted by Crippen LogP contribution is 2.23. The fourth-order valence-electron chi connectivity index (χ4n) is 5.72. The number of aliphatic hydroxyl groups excluding tert-OH is 1. The standard InChI is InChI=1S/C34H46N4O4S/c1-34(2,35)17-7-12-31(40)36(3)29(22-24-13-14-25-9-5-6-10-26(25)21-24)32(41)37(4)30(23-28-11-8-20-43-28)33(42)38-18-15-27(39)16-19-38/h5-6,8-11,13-14,20-21,27,29-30,39H,7,12,15-19,22-23,35H2,1-4H3/t29-,30-/m1/s1. The Labute approximate surface area is 259 Å². The van der Waals surface area contributed by atoms with Gasteiger partial charge < -0.3 is 25.5 Å². The average molecular weight is 607 g/mol. The van der Waals surface area contributed by atoms with Gasteiger partial charge in [0.2, 0.25) is 17.7 Å². The quantitative estimate of drug-likeness (QED) is 0.321. The van der Waals surface area contributed by atoms with Gasteiger partial charge in [-0.3, -0.25) is 14.4 Å². The Hall–Kier alpha value is -3.27. The first-order valence-electron chi connectivity index (χ1n) is 15.2. The van der Waals surface area contributed by atoms with E-state index in [0.29, 0.717) is 51.6 Å². The van der Waals surface area contributed by atoms with E-state index >= 15 is 0 Å². The van der Waals surface area contributed by atoms with E-state index in [1.165, 1.54) is 0 Å². The molecule has 1 saturated heterocycles. The summed E-state index contributed by atoms with van der Waals surface area (Å²) in [6.07, 6.45) is 2.97. The van der Waals surface area contributed by atoms with Crippen LogP contribution < -0.4 is 5.73 Å². The van der Waals surface area contributed by atoms with Crippen LogP contribution in [0.5, 0.6) is 0 Å². The Morgan fingerprint density at radius 1 is 0.977 bits per heavy atom. The fraction of sp³-hybridized carbons (Fsp3) is 0.500. The third-order valence-corrected chi connectivity index (χ3v) is 9.35. The number of carbonyl (C=O) groups is 3. The van der Waals surface area contributed by atoms with Gasteiger partial charge in [0.25, 0.3) is 0 Å². The third kappa shape index (κ3) is 8.87. The van der Waals surface area contributed by atoms with Crippen molar-refractivity contribution in [3.63, 3.8) is 0 Å². The summed E-state index contributed by atoms with van der Waals surface area (Å²) < 4.78 is 0. The van der Waals surface area contributed by atoms with Crippen molar-refractivity contribution in [2.45, 2.75) is 82.5 Å². The summed E-state index contributed by atoms with van der Waals surface area (Å²) >= 11 is 1.56. The number of likely N-dealkylation sites (tertiary alicyclic amines) is 1. The molecule has 2 atom stereocenters. The monoisotopic (exact) mass is 606 g/mol. The zero-order chi connectivity index (χ0) is 31.1. The molecule has 2 heterocycles. The van der Waals surface area contributed by atoms with E-state index in [2.05, 4.69) is 6.07 Å². The van der Waals surface area contributed by atoms with E-state index < -0.39 is 18.2 Å². The second-order valence-electron chi connectivity index (χ2n) is 12.6. The van der Waals surface area contributed by atoms with E-state index in [9.17, 15) is 19.5 Å². The van der Waals surface area contributed by atoms with Gasteiger partial charge in [-0.2, -0.15) is 0 Å².